The van der Waals surface area contributed by atoms with E-state index in [1.54, 1.807) is 18.2 Å². The quantitative estimate of drug-likeness (QED) is 0.159. The predicted molar refractivity (Wildman–Crippen MR) is 171 cm³/mol. The van der Waals surface area contributed by atoms with Crippen molar-refractivity contribution in [3.63, 3.8) is 0 Å². The van der Waals surface area contributed by atoms with Gasteiger partial charge in [-0.3, -0.25) is 0 Å². The van der Waals surface area contributed by atoms with Crippen molar-refractivity contribution in [1.29, 1.82) is 0 Å². The lowest BCUT2D eigenvalue weighted by atomic mass is 9.89. The van der Waals surface area contributed by atoms with Gasteiger partial charge in [0.05, 0.1) is 11.6 Å². The molecular weight excluding hydrogens is 577 g/mol. The topological polar surface area (TPSA) is 38.8 Å². The monoisotopic (exact) mass is 611 g/mol. The standard InChI is InChI=1S/C34H35Cl2NO3.ClH/c35-29-13-14-33(32(36)22-29)39-24-34(38)40-23-28(31-12-6-10-27-9-4-5-11-30(27)31)17-20-37-18-15-26(16-19-37)21-25-7-2-1-3-8-25;/h1-14,22,26,28H,15-21,23-24H2;1H. The van der Waals surface area contributed by atoms with E-state index >= 15 is 0 Å². The summed E-state index contributed by atoms with van der Waals surface area (Å²) in [6.45, 7) is 3.28. The molecule has 4 aromatic rings. The van der Waals surface area contributed by atoms with Crippen LogP contribution in [0.3, 0.4) is 0 Å². The third-order valence-corrected chi connectivity index (χ3v) is 8.35. The lowest BCUT2D eigenvalue weighted by molar-refractivity contribution is -0.146. The maximum Gasteiger partial charge on any atom is 0.344 e. The number of carbonyl (C=O) groups excluding carboxylic acids is 1. The summed E-state index contributed by atoms with van der Waals surface area (Å²) in [5.74, 6) is 0.807. The largest absolute Gasteiger partial charge is 0.480 e. The molecule has 216 valence electrons. The zero-order valence-electron chi connectivity index (χ0n) is 23.0. The van der Waals surface area contributed by atoms with E-state index in [-0.39, 0.29) is 24.9 Å². The summed E-state index contributed by atoms with van der Waals surface area (Å²) in [6, 6.07) is 30.5. The third-order valence-electron chi connectivity index (χ3n) is 7.82. The molecule has 4 nitrogen and oxygen atoms in total. The lowest BCUT2D eigenvalue weighted by Gasteiger charge is -2.33. The van der Waals surface area contributed by atoms with Crippen molar-refractivity contribution in [2.75, 3.05) is 32.8 Å². The van der Waals surface area contributed by atoms with Gasteiger partial charge in [0.1, 0.15) is 5.75 Å². The third kappa shape index (κ3) is 8.86. The van der Waals surface area contributed by atoms with Crippen molar-refractivity contribution in [2.24, 2.45) is 5.92 Å². The van der Waals surface area contributed by atoms with E-state index in [0.29, 0.717) is 22.4 Å². The molecule has 0 saturated carbocycles. The van der Waals surface area contributed by atoms with Crippen molar-refractivity contribution in [3.05, 3.63) is 112 Å². The molecule has 7 heteroatoms. The van der Waals surface area contributed by atoms with Gasteiger partial charge in [0.25, 0.3) is 0 Å². The Kier molecular flexibility index (Phi) is 11.8. The molecule has 1 saturated heterocycles. The fraction of sp³-hybridized carbons (Fsp3) is 0.324. The van der Waals surface area contributed by atoms with Gasteiger partial charge < -0.3 is 14.4 Å². The molecule has 41 heavy (non-hydrogen) atoms. The fourth-order valence-electron chi connectivity index (χ4n) is 5.60. The highest BCUT2D eigenvalue weighted by atomic mass is 35.5. The average Bonchev–Trinajstić information content (AvgIpc) is 2.98. The van der Waals surface area contributed by atoms with Gasteiger partial charge >= 0.3 is 5.97 Å². The molecular formula is C34H36Cl3NO3. The highest BCUT2D eigenvalue weighted by Crippen LogP contribution is 2.30. The van der Waals surface area contributed by atoms with Gasteiger partial charge in [-0.05, 0) is 91.3 Å². The van der Waals surface area contributed by atoms with Crippen LogP contribution in [0.15, 0.2) is 91.0 Å². The van der Waals surface area contributed by atoms with Gasteiger partial charge in [-0.1, -0.05) is 96.0 Å². The molecule has 0 aromatic heterocycles. The minimum atomic E-state index is -0.419. The van der Waals surface area contributed by atoms with Gasteiger partial charge in [0.15, 0.2) is 6.61 Å². The first-order valence-electron chi connectivity index (χ1n) is 14.0. The van der Waals surface area contributed by atoms with Gasteiger partial charge in [-0.2, -0.15) is 0 Å². The van der Waals surface area contributed by atoms with E-state index < -0.39 is 5.97 Å². The number of rotatable bonds is 11. The Balaban J connectivity index is 0.00000387. The number of nitrogens with zero attached hydrogens (tertiary/aromatic N) is 1. The first-order valence-corrected chi connectivity index (χ1v) is 14.8. The summed E-state index contributed by atoms with van der Waals surface area (Å²) in [5, 5.41) is 3.27. The van der Waals surface area contributed by atoms with Crippen LogP contribution in [-0.4, -0.2) is 43.7 Å². The SMILES string of the molecule is Cl.O=C(COc1ccc(Cl)cc1Cl)OCC(CCN1CCC(Cc2ccccc2)CC1)c1cccc2ccccc12. The highest BCUT2D eigenvalue weighted by molar-refractivity contribution is 6.35. The van der Waals surface area contributed by atoms with Crippen molar-refractivity contribution >= 4 is 52.4 Å². The zero-order valence-corrected chi connectivity index (χ0v) is 25.3. The molecule has 0 N–H and O–H groups in total. The van der Waals surface area contributed by atoms with Gasteiger partial charge in [-0.15, -0.1) is 12.4 Å². The van der Waals surface area contributed by atoms with Crippen molar-refractivity contribution in [3.8, 4) is 5.75 Å². The van der Waals surface area contributed by atoms with Crippen LogP contribution >= 0.6 is 35.6 Å². The van der Waals surface area contributed by atoms with Gasteiger partial charge in [0.2, 0.25) is 0 Å². The van der Waals surface area contributed by atoms with E-state index in [4.69, 9.17) is 32.7 Å². The Morgan fingerprint density at radius 2 is 1.63 bits per heavy atom. The predicted octanol–water partition coefficient (Wildman–Crippen LogP) is 8.62. The summed E-state index contributed by atoms with van der Waals surface area (Å²) < 4.78 is 11.4. The molecule has 1 aliphatic rings. The maximum atomic E-state index is 12.7. The number of hydrogen-bond acceptors (Lipinski definition) is 4. The molecule has 0 bridgehead atoms. The Morgan fingerprint density at radius 3 is 2.41 bits per heavy atom. The number of ether oxygens (including phenoxy) is 2. The number of carbonyl (C=O) groups is 1. The minimum absolute atomic E-state index is 0. The molecule has 1 heterocycles. The summed E-state index contributed by atoms with van der Waals surface area (Å²) in [6.07, 6.45) is 4.50. The zero-order chi connectivity index (χ0) is 27.7. The highest BCUT2D eigenvalue weighted by Gasteiger charge is 2.23. The molecule has 5 rings (SSSR count). The first kappa shape index (κ1) is 31.2. The molecule has 0 amide bonds. The van der Waals surface area contributed by atoms with Crippen LogP contribution in [0.5, 0.6) is 5.75 Å². The minimum Gasteiger partial charge on any atom is -0.480 e. The molecule has 1 aliphatic heterocycles. The number of esters is 1. The second-order valence-corrected chi connectivity index (χ2v) is 11.4. The molecule has 1 atom stereocenters. The number of piperidine rings is 1. The van der Waals surface area contributed by atoms with Crippen LogP contribution < -0.4 is 4.74 Å². The molecule has 0 aliphatic carbocycles. The smallest absolute Gasteiger partial charge is 0.344 e. The van der Waals surface area contributed by atoms with E-state index in [0.717, 1.165) is 38.4 Å². The number of hydrogen-bond donors (Lipinski definition) is 0. The Morgan fingerprint density at radius 1 is 0.902 bits per heavy atom. The van der Waals surface area contributed by atoms with E-state index in [1.165, 1.54) is 34.7 Å². The summed E-state index contributed by atoms with van der Waals surface area (Å²) in [7, 11) is 0. The number of halogens is 3. The van der Waals surface area contributed by atoms with E-state index in [9.17, 15) is 4.79 Å². The second-order valence-electron chi connectivity index (χ2n) is 10.6. The van der Waals surface area contributed by atoms with Crippen LogP contribution in [0, 0.1) is 5.92 Å². The summed E-state index contributed by atoms with van der Waals surface area (Å²) >= 11 is 12.1. The van der Waals surface area contributed by atoms with E-state index in [1.807, 2.05) is 0 Å². The first-order chi connectivity index (χ1) is 19.5. The van der Waals surface area contributed by atoms with E-state index in [2.05, 4.69) is 77.7 Å². The molecule has 1 unspecified atom stereocenters. The van der Waals surface area contributed by atoms with Crippen LogP contribution in [0.25, 0.3) is 10.8 Å². The van der Waals surface area contributed by atoms with Crippen molar-refractivity contribution in [1.82, 2.24) is 4.90 Å². The summed E-state index contributed by atoms with van der Waals surface area (Å²) in [5.41, 5.74) is 2.65. The van der Waals surface area contributed by atoms with Crippen molar-refractivity contribution < 1.29 is 14.3 Å². The normalized spacial score (nSPS) is 14.8. The lowest BCUT2D eigenvalue weighted by Crippen LogP contribution is -2.36. The Labute approximate surface area is 259 Å². The Hall–Kier alpha value is -2.76. The van der Waals surface area contributed by atoms with Gasteiger partial charge in [-0.25, -0.2) is 4.79 Å². The fourth-order valence-corrected chi connectivity index (χ4v) is 6.06. The Bertz CT molecular complexity index is 1400. The second kappa shape index (κ2) is 15.5. The van der Waals surface area contributed by atoms with Crippen LogP contribution in [0.1, 0.15) is 36.3 Å². The number of benzene rings is 4. The molecule has 0 spiro atoms. The number of fused-ring (bicyclic) bond motifs is 1. The molecule has 4 aromatic carbocycles. The maximum absolute atomic E-state index is 12.7. The summed E-state index contributed by atoms with van der Waals surface area (Å²) in [4.78, 5) is 15.2. The van der Waals surface area contributed by atoms with Crippen molar-refractivity contribution in [2.45, 2.75) is 31.6 Å². The average molecular weight is 613 g/mol. The number of likely N-dealkylation sites (tertiary alicyclic amines) is 1. The molecule has 1 fully saturated rings. The molecule has 0 radical (unpaired) electrons. The van der Waals surface area contributed by atoms with Crippen LogP contribution in [-0.2, 0) is 16.0 Å². The van der Waals surface area contributed by atoms with Gasteiger partial charge in [0, 0.05) is 10.9 Å². The van der Waals surface area contributed by atoms with Crippen LogP contribution in [0.2, 0.25) is 10.0 Å². The van der Waals surface area contributed by atoms with Crippen LogP contribution in [0.4, 0.5) is 0 Å².